The molecule has 4 heteroatoms. The van der Waals surface area contributed by atoms with Gasteiger partial charge in [0.05, 0.1) is 6.61 Å². The lowest BCUT2D eigenvalue weighted by atomic mass is 10.4. The van der Waals surface area contributed by atoms with Crippen molar-refractivity contribution in [3.63, 3.8) is 0 Å². The van der Waals surface area contributed by atoms with Crippen LogP contribution in [0.3, 0.4) is 0 Å². The Morgan fingerprint density at radius 1 is 1.55 bits per heavy atom. The Kier molecular flexibility index (Phi) is 5.49. The van der Waals surface area contributed by atoms with Gasteiger partial charge in [-0.1, -0.05) is 25.2 Å². The molecule has 68 valence electrons. The number of hydrogen-bond donors (Lipinski definition) is 0. The molecule has 11 heavy (non-hydrogen) atoms. The Balaban J connectivity index is 3.81. The van der Waals surface area contributed by atoms with Gasteiger partial charge < -0.3 is 4.52 Å². The summed E-state index contributed by atoms with van der Waals surface area (Å²) in [5.41, 5.74) is 0. The lowest BCUT2D eigenvalue weighted by molar-refractivity contribution is 0.349. The zero-order chi connectivity index (χ0) is 8.91. The van der Waals surface area contributed by atoms with Crippen molar-refractivity contribution in [1.29, 1.82) is 0 Å². The fraction of sp³-hybridized carbons (Fsp3) is 1.00. The summed E-state index contributed by atoms with van der Waals surface area (Å²) in [6.07, 6.45) is 1.04. The maximum absolute atomic E-state index is 11.5. The van der Waals surface area contributed by atoms with Crippen molar-refractivity contribution in [3.8, 4) is 0 Å². The maximum Gasteiger partial charge on any atom is 0.254 e. The Morgan fingerprint density at radius 3 is 2.45 bits per heavy atom. The van der Waals surface area contributed by atoms with Crippen LogP contribution in [0.25, 0.3) is 0 Å². The van der Waals surface area contributed by atoms with Gasteiger partial charge in [-0.3, -0.25) is 4.57 Å². The molecule has 0 rings (SSSR count). The predicted molar refractivity (Wildman–Crippen MR) is 52.5 cm³/mol. The molecular formula is C7H17O2PS. The van der Waals surface area contributed by atoms with E-state index in [0.717, 1.165) is 6.42 Å². The van der Waals surface area contributed by atoms with E-state index in [-0.39, 0.29) is 0 Å². The van der Waals surface area contributed by atoms with Crippen molar-refractivity contribution in [1.82, 2.24) is 0 Å². The van der Waals surface area contributed by atoms with E-state index in [4.69, 9.17) is 4.52 Å². The molecule has 0 aliphatic carbocycles. The summed E-state index contributed by atoms with van der Waals surface area (Å²) in [6, 6.07) is 0. The van der Waals surface area contributed by atoms with E-state index in [2.05, 4.69) is 13.8 Å². The molecule has 0 aliphatic heterocycles. The molecule has 0 bridgehead atoms. The second kappa shape index (κ2) is 5.23. The normalized spacial score (nSPS) is 19.3. The van der Waals surface area contributed by atoms with Crippen LogP contribution < -0.4 is 0 Å². The van der Waals surface area contributed by atoms with Crippen LogP contribution in [0, 0.1) is 0 Å². The zero-order valence-electron chi connectivity index (χ0n) is 7.66. The van der Waals surface area contributed by atoms with E-state index < -0.39 is 6.57 Å². The van der Waals surface area contributed by atoms with Gasteiger partial charge in [-0.2, -0.15) is 0 Å². The minimum absolute atomic E-state index is 0.428. The molecule has 0 spiro atoms. The third-order valence-corrected chi connectivity index (χ3v) is 5.66. The summed E-state index contributed by atoms with van der Waals surface area (Å²) in [7, 11) is 0. The van der Waals surface area contributed by atoms with Gasteiger partial charge in [0.25, 0.3) is 6.57 Å². The van der Waals surface area contributed by atoms with E-state index in [1.54, 1.807) is 6.66 Å². The molecule has 0 heterocycles. The van der Waals surface area contributed by atoms with Gasteiger partial charge in [-0.15, -0.1) is 0 Å². The Hall–Kier alpha value is 0.540. The molecule has 0 saturated heterocycles. The van der Waals surface area contributed by atoms with E-state index in [1.165, 1.54) is 11.4 Å². The summed E-state index contributed by atoms with van der Waals surface area (Å²) in [5, 5.41) is 0.428. The minimum Gasteiger partial charge on any atom is -0.322 e. The molecule has 2 unspecified atom stereocenters. The fourth-order valence-electron chi connectivity index (χ4n) is 0.666. The lowest BCUT2D eigenvalue weighted by Gasteiger charge is -2.15. The SMILES string of the molecule is CCOP(C)(=O)SC(C)CC. The van der Waals surface area contributed by atoms with Crippen LogP contribution >= 0.6 is 18.0 Å². The van der Waals surface area contributed by atoms with Crippen molar-refractivity contribution >= 4 is 18.0 Å². The quantitative estimate of drug-likeness (QED) is 0.630. The third-order valence-electron chi connectivity index (χ3n) is 1.31. The molecule has 0 aromatic carbocycles. The highest BCUT2D eigenvalue weighted by molar-refractivity contribution is 8.56. The van der Waals surface area contributed by atoms with Crippen LogP contribution in [-0.2, 0) is 9.09 Å². The summed E-state index contributed by atoms with van der Waals surface area (Å²) in [4.78, 5) is 0. The van der Waals surface area contributed by atoms with Gasteiger partial charge >= 0.3 is 0 Å². The van der Waals surface area contributed by atoms with Crippen molar-refractivity contribution in [2.75, 3.05) is 13.3 Å². The number of rotatable bonds is 5. The Bertz CT molecular complexity index is 149. The Morgan fingerprint density at radius 2 is 2.09 bits per heavy atom. The van der Waals surface area contributed by atoms with Crippen molar-refractivity contribution in [2.24, 2.45) is 0 Å². The zero-order valence-corrected chi connectivity index (χ0v) is 9.37. The molecule has 0 aromatic rings. The standard InChI is InChI=1S/C7H17O2PS/c1-5-7(3)11-10(4,8)9-6-2/h7H,5-6H2,1-4H3. The number of hydrogen-bond acceptors (Lipinski definition) is 3. The van der Waals surface area contributed by atoms with Gasteiger partial charge in [-0.05, 0) is 13.3 Å². The summed E-state index contributed by atoms with van der Waals surface area (Å²) >= 11 is 1.46. The highest BCUT2D eigenvalue weighted by atomic mass is 32.7. The van der Waals surface area contributed by atoms with E-state index in [0.29, 0.717) is 11.9 Å². The average molecular weight is 196 g/mol. The van der Waals surface area contributed by atoms with Crippen LogP contribution in [0.2, 0.25) is 0 Å². The van der Waals surface area contributed by atoms with Crippen LogP contribution in [0.15, 0.2) is 0 Å². The Labute approximate surface area is 73.3 Å². The minimum atomic E-state index is -2.35. The molecule has 0 fully saturated rings. The molecule has 0 N–H and O–H groups in total. The first kappa shape index (κ1) is 11.5. The molecule has 0 amide bonds. The summed E-state index contributed by atoms with van der Waals surface area (Å²) in [6.45, 7) is 5.90. The molecule has 0 aliphatic rings. The largest absolute Gasteiger partial charge is 0.322 e. The molecule has 0 aromatic heterocycles. The van der Waals surface area contributed by atoms with Gasteiger partial charge in [0.15, 0.2) is 0 Å². The van der Waals surface area contributed by atoms with Crippen molar-refractivity contribution in [2.45, 2.75) is 32.4 Å². The first-order valence-corrected chi connectivity index (χ1v) is 7.48. The smallest absolute Gasteiger partial charge is 0.254 e. The third kappa shape index (κ3) is 5.77. The first-order chi connectivity index (χ1) is 5.02. The monoisotopic (exact) mass is 196 g/mol. The molecule has 0 radical (unpaired) electrons. The van der Waals surface area contributed by atoms with Crippen molar-refractivity contribution in [3.05, 3.63) is 0 Å². The fourth-order valence-corrected chi connectivity index (χ4v) is 4.91. The predicted octanol–water partition coefficient (Wildman–Crippen LogP) is 3.38. The van der Waals surface area contributed by atoms with Gasteiger partial charge in [0.1, 0.15) is 0 Å². The van der Waals surface area contributed by atoms with Crippen LogP contribution in [0.4, 0.5) is 0 Å². The highest BCUT2D eigenvalue weighted by Gasteiger charge is 2.18. The molecule has 0 saturated carbocycles. The first-order valence-electron chi connectivity index (χ1n) is 3.92. The average Bonchev–Trinajstić information content (AvgIpc) is 1.86. The van der Waals surface area contributed by atoms with Crippen molar-refractivity contribution < 1.29 is 9.09 Å². The summed E-state index contributed by atoms with van der Waals surface area (Å²) in [5.74, 6) is 0. The van der Waals surface area contributed by atoms with E-state index in [9.17, 15) is 4.57 Å². The summed E-state index contributed by atoms with van der Waals surface area (Å²) < 4.78 is 16.6. The second-order valence-electron chi connectivity index (χ2n) is 2.51. The molecular weight excluding hydrogens is 179 g/mol. The van der Waals surface area contributed by atoms with Gasteiger partial charge in [0.2, 0.25) is 0 Å². The van der Waals surface area contributed by atoms with Gasteiger partial charge in [0, 0.05) is 11.9 Å². The lowest BCUT2D eigenvalue weighted by Crippen LogP contribution is -1.94. The van der Waals surface area contributed by atoms with E-state index >= 15 is 0 Å². The van der Waals surface area contributed by atoms with Crippen LogP contribution in [0.1, 0.15) is 27.2 Å². The molecule has 2 nitrogen and oxygen atoms in total. The van der Waals surface area contributed by atoms with Gasteiger partial charge in [-0.25, -0.2) is 0 Å². The highest BCUT2D eigenvalue weighted by Crippen LogP contribution is 2.58. The van der Waals surface area contributed by atoms with Crippen LogP contribution in [-0.4, -0.2) is 18.5 Å². The maximum atomic E-state index is 11.5. The molecule has 2 atom stereocenters. The second-order valence-corrected chi connectivity index (χ2v) is 7.95. The van der Waals surface area contributed by atoms with Crippen LogP contribution in [0.5, 0.6) is 0 Å². The topological polar surface area (TPSA) is 26.3 Å². The van der Waals surface area contributed by atoms with E-state index in [1.807, 2.05) is 6.92 Å².